The van der Waals surface area contributed by atoms with Crippen molar-refractivity contribution in [2.75, 3.05) is 37.2 Å². The molecule has 750 valence electrons. The van der Waals surface area contributed by atoms with Crippen molar-refractivity contribution < 1.29 is 99.6 Å². The first kappa shape index (κ1) is 123. The largest absolute Gasteiger partial charge is 0 e. The quantitative estimate of drug-likeness (QED) is 0.0119. The van der Waals surface area contributed by atoms with Crippen molar-refractivity contribution in [1.82, 2.24) is 0 Å². The molecule has 4 aliphatic carbocycles. The van der Waals surface area contributed by atoms with Crippen molar-refractivity contribution in [1.29, 1.82) is 36.9 Å². The SMILES string of the molecule is CCOC#N.CI.COc1cc(-c2ccc(OC#N)c(OC)c2)ccc1N=C=O.Cc1c(N=C=O)cccc1OC#N.Cc1ccc(N=C=O)cc1N=C=O.N#COC1CCC(CC2CCC(N=C=O)CC2)CC1.N#COCc1ccc(CN=C=O)cc1.N#COCc1cccc(CN=C=O)c1.O=C=NCC1CC2CCC1C2.O=C=Nc1ccc(N=C=O)cc1.O=C=Nc1cccc2c(N=C=O)cccc12.[2H]CI.[2H]N=BI.[HH]. The molecule has 0 aromatic heterocycles. The van der Waals surface area contributed by atoms with E-state index in [0.717, 1.165) is 112 Å². The second-order valence-corrected chi connectivity index (χ2v) is 30.0. The summed E-state index contributed by atoms with van der Waals surface area (Å²) in [5.74, 6) is 5.80. The van der Waals surface area contributed by atoms with Crippen molar-refractivity contribution in [2.24, 2.45) is 89.5 Å². The third kappa shape index (κ3) is 52.1. The van der Waals surface area contributed by atoms with Gasteiger partial charge in [0.05, 0.1) is 86.3 Å². The average Bonchev–Trinajstić information content (AvgIpc) is 1.81. The minimum atomic E-state index is 0. The number of aliphatic imine (C=N–C) groups is 12. The second-order valence-electron chi connectivity index (χ2n) is 29.5. The number of carbonyl (C=O) groups excluding carboxylic acids is 12. The predicted octanol–water partition coefficient (Wildman–Crippen LogP) is 23.1. The summed E-state index contributed by atoms with van der Waals surface area (Å²) in [6, 6.07) is 51.7. The van der Waals surface area contributed by atoms with Crippen LogP contribution < -0.4 is 18.9 Å². The third-order valence-electron chi connectivity index (χ3n) is 21.0. The number of nitrogens with zero attached hydrogens (tertiary/aromatic N) is 18. The summed E-state index contributed by atoms with van der Waals surface area (Å²) in [7, 11) is 2.99. The molecule has 3 atom stereocenters. The van der Waals surface area contributed by atoms with Gasteiger partial charge in [0.15, 0.2) is 11.5 Å². The van der Waals surface area contributed by atoms with Crippen LogP contribution in [0, 0.1) is 118 Å². The van der Waals surface area contributed by atoms with Crippen molar-refractivity contribution in [3.8, 4) is 71.7 Å². The number of nitrogens with one attached hydrogen (secondary N) is 1. The molecule has 1 N–H and O–H groups in total. The van der Waals surface area contributed by atoms with Crippen LogP contribution in [0.4, 0.5) is 45.5 Å². The molecule has 3 unspecified atom stereocenters. The van der Waals surface area contributed by atoms with E-state index in [0.29, 0.717) is 98.7 Å². The van der Waals surface area contributed by atoms with E-state index in [-0.39, 0.29) is 26.8 Å². The number of hydrogen-bond donors (Lipinski definition) is 1. The maximum atomic E-state index is 10.4. The van der Waals surface area contributed by atoms with Crippen molar-refractivity contribution >= 4 is 202 Å². The molecule has 4 saturated carbocycles. The number of fused-ring (bicyclic) bond motifs is 3. The molecule has 0 saturated heterocycles. The van der Waals surface area contributed by atoms with Gasteiger partial charge in [-0.05, 0) is 261 Å². The zero-order valence-corrected chi connectivity index (χ0v) is 86.3. The fourth-order valence-electron chi connectivity index (χ4n) is 14.6. The molecule has 43 heteroatoms. The number of aryl methyl sites for hydroxylation is 1. The van der Waals surface area contributed by atoms with Gasteiger partial charge in [0.25, 0.3) is 37.5 Å². The van der Waals surface area contributed by atoms with Gasteiger partial charge in [-0.25, -0.2) is 77.5 Å². The number of benzene rings is 9. The Kier molecular flexibility index (Phi) is 70.0. The summed E-state index contributed by atoms with van der Waals surface area (Å²) in [4.78, 5) is 166. The zero-order chi connectivity index (χ0) is 109. The monoisotopic (exact) mass is 2320 g/mol. The van der Waals surface area contributed by atoms with Crippen molar-refractivity contribution in [2.45, 2.75) is 143 Å². The van der Waals surface area contributed by atoms with Crippen LogP contribution in [0.3, 0.4) is 0 Å². The van der Waals surface area contributed by atoms with E-state index in [4.69, 9.17) is 53.3 Å². The average molecular weight is 2320 g/mol. The van der Waals surface area contributed by atoms with Crippen LogP contribution in [-0.4, -0.2) is 127 Å². The van der Waals surface area contributed by atoms with E-state index in [1.807, 2.05) is 105 Å². The van der Waals surface area contributed by atoms with Crippen LogP contribution in [0.1, 0.15) is 127 Å². The van der Waals surface area contributed by atoms with Gasteiger partial charge >= 0.3 is 34.0 Å². The van der Waals surface area contributed by atoms with Gasteiger partial charge < -0.3 is 37.9 Å². The van der Waals surface area contributed by atoms with Gasteiger partial charge in [0.2, 0.25) is 73.0 Å². The van der Waals surface area contributed by atoms with Gasteiger partial charge in [-0.1, -0.05) is 149 Å². The Morgan fingerprint density at radius 3 is 1.36 bits per heavy atom. The predicted molar refractivity (Wildman–Crippen MR) is 564 cm³/mol. The maximum Gasteiger partial charge on any atom is 0 e. The molecule has 0 radical (unpaired) electrons. The molecule has 0 amide bonds. The molecule has 9 aromatic rings. The number of halogens is 3. The van der Waals surface area contributed by atoms with Gasteiger partial charge in [0.1, 0.15) is 36.5 Å². The fraction of sp³-hybridized carbons (Fsp3) is 0.320. The number of alkyl halides is 2. The van der Waals surface area contributed by atoms with Crippen LogP contribution in [0.25, 0.3) is 21.9 Å². The molecule has 0 aliphatic heterocycles. The van der Waals surface area contributed by atoms with Crippen LogP contribution in [0.2, 0.25) is 1.41 Å². The first-order chi connectivity index (χ1) is 72.2. The topological polar surface area (TPSA) is 594 Å². The number of ether oxygens (including phenoxy) is 8. The summed E-state index contributed by atoms with van der Waals surface area (Å²) < 4.78 is 50.4. The van der Waals surface area contributed by atoms with Crippen molar-refractivity contribution in [3.63, 3.8) is 0 Å². The molecule has 4 aliphatic rings. The van der Waals surface area contributed by atoms with Gasteiger partial charge in [-0.2, -0.15) is 61.0 Å². The molecule has 0 spiro atoms. The molecule has 13 rings (SSSR count). The smallest absolute Gasteiger partial charge is 0 e. The number of rotatable bonds is 28. The number of hydrogen-bond acceptors (Lipinski definition) is 39. The second kappa shape index (κ2) is 82.9. The van der Waals surface area contributed by atoms with Gasteiger partial charge in [-0.3, -0.25) is 0 Å². The molecule has 146 heavy (non-hydrogen) atoms. The molecular weight excluding hydrogens is 2210 g/mol. The Bertz CT molecular complexity index is 6480. The van der Waals surface area contributed by atoms with Crippen molar-refractivity contribution in [3.05, 3.63) is 215 Å². The third-order valence-corrected chi connectivity index (χ3v) is 21.0. The van der Waals surface area contributed by atoms with Crippen LogP contribution in [-0.2, 0) is 103 Å². The van der Waals surface area contributed by atoms with Crippen LogP contribution >= 0.6 is 67.6 Å². The summed E-state index contributed by atoms with van der Waals surface area (Å²) in [6.45, 7) is 7.66. The van der Waals surface area contributed by atoms with E-state index in [1.165, 1.54) is 150 Å². The Hall–Kier alpha value is -16.8. The molecule has 39 nitrogen and oxygen atoms in total. The molecular formula is C103H99BI3N19O20. The fourth-order valence-corrected chi connectivity index (χ4v) is 14.6. The van der Waals surface area contributed by atoms with E-state index >= 15 is 0 Å². The first-order valence-electron chi connectivity index (χ1n) is 44.5. The summed E-state index contributed by atoms with van der Waals surface area (Å²) in [6.07, 6.45) is 43.4. The van der Waals surface area contributed by atoms with Crippen LogP contribution in [0.15, 0.2) is 242 Å². The number of methoxy groups -OCH3 is 2. The Balaban J connectivity index is 0.00000164. The van der Waals surface area contributed by atoms with E-state index < -0.39 is 0 Å². The van der Waals surface area contributed by atoms with Crippen LogP contribution in [0.5, 0.6) is 23.0 Å². The normalized spacial score (nSPS) is 14.4. The molecule has 9 aromatic carbocycles. The Labute approximate surface area is 888 Å². The summed E-state index contributed by atoms with van der Waals surface area (Å²) >= 11 is 5.98. The standard InChI is InChI=1S/C16H12N2O4.C15H22N2O2.C12H6N2O2.2C10H8N2O2.2C9H6N2O2.C9H13NO.C8H4N2O2.C3H5NO.2CH3I.BHIN.H2/c1-20-15-7-11(3-5-13(15)18-10-19)12-4-6-14(22-9-17)16(8-12)21-2;16-10-19-15-7-3-13(4-8-15)9-12-1-5-14(6-2-12)17-11-18;15-7-13-11-5-1-3-9-10(11)4-2-6-12(9)14-8-16;11-7-14-6-10-3-1-9(2-4-10)5-12-8-13;11-7-14-6-10-3-1-2-9(4-10)5-12-8-13;1-7-2-3-8(10-5-12)4-9(7)11-6-13;1-7-8(11-6-12)3-2-4-9(7)13-5-10;11-6-10-5-9-4-7-1-2-8(9)3-7;11-5-9-7-1-2-8(4-3-7)10-6-12;1-2-5-3-4;2*1-2;2-1-3;/h3-8H,1-2H3;12-15H,1-9H2;1-6H;2*1-4H,5-6H2;2*2-4H,1H3;7-9H,1-5H2;1-4H;2H2,1H3;2*1H3;3H;1H/i;;;;;;;;;;1D;;3D;. The number of isocyanates is 12. The minimum Gasteiger partial charge on any atom is 0 e. The van der Waals surface area contributed by atoms with E-state index in [2.05, 4.69) is 107 Å². The molecule has 0 heterocycles. The van der Waals surface area contributed by atoms with Gasteiger partial charge in [-0.15, -0.1) is 10.5 Å². The Morgan fingerprint density at radius 1 is 0.425 bits per heavy atom. The van der Waals surface area contributed by atoms with E-state index in [9.17, 15) is 57.5 Å². The zero-order valence-electron chi connectivity index (χ0n) is 81.9. The Morgan fingerprint density at radius 2 is 0.884 bits per heavy atom. The summed E-state index contributed by atoms with van der Waals surface area (Å²) in [5, 5.41) is 53.7. The number of nitriles is 6. The van der Waals surface area contributed by atoms with Gasteiger partial charge in [0, 0.05) is 19.1 Å². The van der Waals surface area contributed by atoms with E-state index in [1.54, 1.807) is 185 Å². The first-order valence-corrected chi connectivity index (χ1v) is 48.3. The molecule has 2 bridgehead atoms. The summed E-state index contributed by atoms with van der Waals surface area (Å²) in [5.41, 5.74) is 10.5. The minimum absolute atomic E-state index is 0. The molecule has 4 fully saturated rings. The maximum absolute atomic E-state index is 10.4.